The van der Waals surface area contributed by atoms with Crippen LogP contribution in [0.2, 0.25) is 0 Å². The molecule has 1 fully saturated rings. The molecule has 0 aliphatic carbocycles. The van der Waals surface area contributed by atoms with Gasteiger partial charge in [-0.05, 0) is 25.8 Å². The summed E-state index contributed by atoms with van der Waals surface area (Å²) in [7, 11) is -2.86. The largest absolute Gasteiger partial charge is 0.333 e. The molecule has 6 heteroatoms. The van der Waals surface area contributed by atoms with Gasteiger partial charge >= 0.3 is 0 Å². The Hall–Kier alpha value is -0.880. The Labute approximate surface area is 102 Å². The van der Waals surface area contributed by atoms with E-state index in [4.69, 9.17) is 0 Å². The smallest absolute Gasteiger partial charge is 0.147 e. The molecule has 1 unspecified atom stereocenters. The summed E-state index contributed by atoms with van der Waals surface area (Å²) >= 11 is 0. The molecule has 5 nitrogen and oxygen atoms in total. The molecule has 96 valence electrons. The van der Waals surface area contributed by atoms with Gasteiger partial charge in [-0.2, -0.15) is 0 Å². The van der Waals surface area contributed by atoms with E-state index in [1.165, 1.54) is 18.4 Å². The molecule has 1 saturated heterocycles. The number of nitrogens with zero attached hydrogens (tertiary/aromatic N) is 2. The van der Waals surface area contributed by atoms with Crippen LogP contribution in [0.1, 0.15) is 31.0 Å². The molecule has 0 radical (unpaired) electrons. The maximum absolute atomic E-state index is 11.1. The van der Waals surface area contributed by atoms with Crippen LogP contribution in [0.3, 0.4) is 0 Å². The maximum Gasteiger partial charge on any atom is 0.147 e. The first-order valence-electron chi connectivity index (χ1n) is 5.97. The van der Waals surface area contributed by atoms with E-state index in [2.05, 4.69) is 14.9 Å². The van der Waals surface area contributed by atoms with Crippen LogP contribution in [-0.2, 0) is 16.4 Å². The summed E-state index contributed by atoms with van der Waals surface area (Å²) in [5.74, 6) is 0.239. The van der Waals surface area contributed by atoms with Gasteiger partial charge < -0.3 is 9.88 Å². The second kappa shape index (κ2) is 5.18. The van der Waals surface area contributed by atoms with Gasteiger partial charge in [-0.25, -0.2) is 13.4 Å². The van der Waals surface area contributed by atoms with Gasteiger partial charge in [-0.1, -0.05) is 0 Å². The molecule has 1 aliphatic rings. The van der Waals surface area contributed by atoms with Crippen molar-refractivity contribution < 1.29 is 8.42 Å². The van der Waals surface area contributed by atoms with Gasteiger partial charge in [-0.3, -0.25) is 0 Å². The van der Waals surface area contributed by atoms with E-state index in [1.807, 2.05) is 6.20 Å². The van der Waals surface area contributed by atoms with Gasteiger partial charge in [0.1, 0.15) is 9.84 Å². The standard InChI is InChI=1S/C11H19N3O2S/c1-17(15,16)7-3-6-14-9-12-8-11(14)10-4-2-5-13-10/h8-10,13H,2-7H2,1H3. The first kappa shape index (κ1) is 12.6. The monoisotopic (exact) mass is 257 g/mol. The Morgan fingerprint density at radius 3 is 3.06 bits per heavy atom. The zero-order valence-electron chi connectivity index (χ0n) is 10.1. The summed E-state index contributed by atoms with van der Waals surface area (Å²) in [5.41, 5.74) is 1.18. The van der Waals surface area contributed by atoms with Crippen molar-refractivity contribution >= 4 is 9.84 Å². The lowest BCUT2D eigenvalue weighted by Gasteiger charge is -2.13. The quantitative estimate of drug-likeness (QED) is 0.845. The van der Waals surface area contributed by atoms with Gasteiger partial charge in [0.05, 0.1) is 17.8 Å². The summed E-state index contributed by atoms with van der Waals surface area (Å²) in [6.45, 7) is 1.78. The van der Waals surface area contributed by atoms with E-state index in [0.717, 1.165) is 19.5 Å². The molecule has 0 saturated carbocycles. The number of aromatic nitrogens is 2. The van der Waals surface area contributed by atoms with Crippen molar-refractivity contribution in [1.82, 2.24) is 14.9 Å². The van der Waals surface area contributed by atoms with E-state index in [9.17, 15) is 8.42 Å². The minimum absolute atomic E-state index is 0.239. The molecule has 1 aromatic rings. The molecule has 17 heavy (non-hydrogen) atoms. The minimum atomic E-state index is -2.86. The molecule has 1 aromatic heterocycles. The zero-order chi connectivity index (χ0) is 12.3. The average molecular weight is 257 g/mol. The van der Waals surface area contributed by atoms with Crippen molar-refractivity contribution in [3.8, 4) is 0 Å². The summed E-state index contributed by atoms with van der Waals surface area (Å²) in [4.78, 5) is 4.16. The number of nitrogens with one attached hydrogen (secondary N) is 1. The van der Waals surface area contributed by atoms with Crippen molar-refractivity contribution in [3.63, 3.8) is 0 Å². The first-order valence-corrected chi connectivity index (χ1v) is 8.03. The number of hydrogen-bond acceptors (Lipinski definition) is 4. The fourth-order valence-corrected chi connectivity index (χ4v) is 2.90. The Morgan fingerprint density at radius 2 is 2.41 bits per heavy atom. The predicted octanol–water partition coefficient (Wildman–Crippen LogP) is 0.742. The molecule has 1 N–H and O–H groups in total. The Morgan fingerprint density at radius 1 is 1.59 bits per heavy atom. The Kier molecular flexibility index (Phi) is 3.83. The number of sulfone groups is 1. The highest BCUT2D eigenvalue weighted by Crippen LogP contribution is 2.22. The second-order valence-corrected chi connectivity index (χ2v) is 6.90. The van der Waals surface area contributed by atoms with Crippen LogP contribution < -0.4 is 5.32 Å². The number of aryl methyl sites for hydroxylation is 1. The van der Waals surface area contributed by atoms with Gasteiger partial charge in [0.15, 0.2) is 0 Å². The number of hydrogen-bond donors (Lipinski definition) is 1. The molecular weight excluding hydrogens is 238 g/mol. The third kappa shape index (κ3) is 3.54. The Balaban J connectivity index is 1.94. The van der Waals surface area contributed by atoms with Gasteiger partial charge in [0.2, 0.25) is 0 Å². The van der Waals surface area contributed by atoms with Crippen molar-refractivity contribution in [1.29, 1.82) is 0 Å². The van der Waals surface area contributed by atoms with Crippen molar-refractivity contribution in [2.75, 3.05) is 18.6 Å². The van der Waals surface area contributed by atoms with Crippen LogP contribution in [-0.4, -0.2) is 36.5 Å². The first-order chi connectivity index (χ1) is 8.06. The van der Waals surface area contributed by atoms with Crippen LogP contribution in [0.5, 0.6) is 0 Å². The molecular formula is C11H19N3O2S. The lowest BCUT2D eigenvalue weighted by Crippen LogP contribution is -2.17. The average Bonchev–Trinajstić information content (AvgIpc) is 2.82. The summed E-state index contributed by atoms with van der Waals surface area (Å²) in [6.07, 6.45) is 7.92. The van der Waals surface area contributed by atoms with Crippen LogP contribution >= 0.6 is 0 Å². The molecule has 0 bridgehead atoms. The molecule has 0 spiro atoms. The van der Waals surface area contributed by atoms with Crippen LogP contribution in [0.4, 0.5) is 0 Å². The van der Waals surface area contributed by atoms with E-state index in [0.29, 0.717) is 12.5 Å². The highest BCUT2D eigenvalue weighted by Gasteiger charge is 2.19. The van der Waals surface area contributed by atoms with Crippen LogP contribution in [0.15, 0.2) is 12.5 Å². The summed E-state index contributed by atoms with van der Waals surface area (Å²) < 4.78 is 24.2. The van der Waals surface area contributed by atoms with Crippen LogP contribution in [0.25, 0.3) is 0 Å². The summed E-state index contributed by atoms with van der Waals surface area (Å²) in [6, 6.07) is 0.385. The van der Waals surface area contributed by atoms with E-state index in [-0.39, 0.29) is 5.75 Å². The summed E-state index contributed by atoms with van der Waals surface area (Å²) in [5, 5.41) is 3.43. The normalized spacial score (nSPS) is 20.9. The third-order valence-corrected chi connectivity index (χ3v) is 4.11. The van der Waals surface area contributed by atoms with Gasteiger partial charge in [0.25, 0.3) is 0 Å². The highest BCUT2D eigenvalue weighted by atomic mass is 32.2. The molecule has 0 amide bonds. The minimum Gasteiger partial charge on any atom is -0.333 e. The SMILES string of the molecule is CS(=O)(=O)CCCn1cncc1C1CCCN1. The molecule has 1 aliphatic heterocycles. The fraction of sp³-hybridized carbons (Fsp3) is 0.727. The predicted molar refractivity (Wildman–Crippen MR) is 66.5 cm³/mol. The van der Waals surface area contributed by atoms with Crippen LogP contribution in [0, 0.1) is 0 Å². The lowest BCUT2D eigenvalue weighted by atomic mass is 10.2. The third-order valence-electron chi connectivity index (χ3n) is 3.08. The number of rotatable bonds is 5. The lowest BCUT2D eigenvalue weighted by molar-refractivity contribution is 0.553. The molecule has 1 atom stereocenters. The molecule has 2 heterocycles. The second-order valence-electron chi connectivity index (χ2n) is 4.64. The topological polar surface area (TPSA) is 64.0 Å². The zero-order valence-corrected chi connectivity index (χ0v) is 10.9. The number of imidazole rings is 1. The molecule has 0 aromatic carbocycles. The molecule has 2 rings (SSSR count). The fourth-order valence-electron chi connectivity index (χ4n) is 2.24. The van der Waals surface area contributed by atoms with E-state index < -0.39 is 9.84 Å². The maximum atomic E-state index is 11.1. The van der Waals surface area contributed by atoms with E-state index >= 15 is 0 Å². The van der Waals surface area contributed by atoms with E-state index in [1.54, 1.807) is 6.33 Å². The van der Waals surface area contributed by atoms with Gasteiger partial charge in [0, 0.05) is 25.0 Å². The van der Waals surface area contributed by atoms with Crippen molar-refractivity contribution in [2.24, 2.45) is 0 Å². The highest BCUT2D eigenvalue weighted by molar-refractivity contribution is 7.90. The van der Waals surface area contributed by atoms with Crippen molar-refractivity contribution in [2.45, 2.75) is 31.8 Å². The van der Waals surface area contributed by atoms with Gasteiger partial charge in [-0.15, -0.1) is 0 Å². The Bertz CT molecular complexity index is 461. The van der Waals surface area contributed by atoms with Crippen molar-refractivity contribution in [3.05, 3.63) is 18.2 Å².